The van der Waals surface area contributed by atoms with Crippen LogP contribution in [0, 0.1) is 0 Å². The van der Waals surface area contributed by atoms with Crippen molar-refractivity contribution in [3.8, 4) is 0 Å². The number of hydrogen-bond donors (Lipinski definition) is 2. The van der Waals surface area contributed by atoms with Gasteiger partial charge in [0.25, 0.3) is 5.56 Å². The van der Waals surface area contributed by atoms with Crippen LogP contribution in [0.15, 0.2) is 40.3 Å². The predicted molar refractivity (Wildman–Crippen MR) is 99.5 cm³/mol. The van der Waals surface area contributed by atoms with Crippen LogP contribution < -0.4 is 10.9 Å². The van der Waals surface area contributed by atoms with Crippen LogP contribution in [0.4, 0.5) is 0 Å². The number of benzene rings is 1. The molecule has 0 radical (unpaired) electrons. The Balaban J connectivity index is 1.80. The second-order valence-electron chi connectivity index (χ2n) is 5.31. The highest BCUT2D eigenvalue weighted by Crippen LogP contribution is 2.12. The molecule has 2 rings (SSSR count). The number of rotatable bonds is 8. The van der Waals surface area contributed by atoms with Gasteiger partial charge < -0.3 is 15.0 Å². The molecule has 0 unspecified atom stereocenters. The molecule has 0 aliphatic heterocycles. The number of methoxy groups -OCH3 is 1. The summed E-state index contributed by atoms with van der Waals surface area (Å²) < 4.78 is 4.55. The standard InChI is InChI=1S/C17H18ClN3O4S/c1-25-16(24)9-13-8-14(22)21-17(20-13)26-10-15(23)19-7-6-11-2-4-12(18)5-3-11/h2-5,8H,6-7,9-10H2,1H3,(H,19,23)(H,20,21,22). The van der Waals surface area contributed by atoms with E-state index < -0.39 is 5.97 Å². The molecule has 0 aliphatic rings. The number of nitrogens with zero attached hydrogens (tertiary/aromatic N) is 1. The van der Waals surface area contributed by atoms with Crippen molar-refractivity contribution in [3.05, 3.63) is 57.0 Å². The molecular formula is C17H18ClN3O4S. The van der Waals surface area contributed by atoms with Gasteiger partial charge in [0.1, 0.15) is 0 Å². The minimum Gasteiger partial charge on any atom is -0.469 e. The van der Waals surface area contributed by atoms with Crippen LogP contribution in [0.2, 0.25) is 5.02 Å². The van der Waals surface area contributed by atoms with Crippen LogP contribution in [0.25, 0.3) is 0 Å². The summed E-state index contributed by atoms with van der Waals surface area (Å²) in [5.74, 6) is -0.561. The Kier molecular flexibility index (Phi) is 7.68. The Morgan fingerprint density at radius 2 is 2.04 bits per heavy atom. The first-order valence-electron chi connectivity index (χ1n) is 7.77. The van der Waals surface area contributed by atoms with E-state index in [1.165, 1.54) is 13.2 Å². The van der Waals surface area contributed by atoms with Gasteiger partial charge in [-0.3, -0.25) is 14.4 Å². The van der Waals surface area contributed by atoms with E-state index in [-0.39, 0.29) is 28.8 Å². The molecular weight excluding hydrogens is 378 g/mol. The molecule has 9 heteroatoms. The zero-order chi connectivity index (χ0) is 18.9. The summed E-state index contributed by atoms with van der Waals surface area (Å²) in [5.41, 5.74) is 0.986. The minimum absolute atomic E-state index is 0.0960. The highest BCUT2D eigenvalue weighted by molar-refractivity contribution is 7.99. The average Bonchev–Trinajstić information content (AvgIpc) is 2.61. The number of thioether (sulfide) groups is 1. The summed E-state index contributed by atoms with van der Waals surface area (Å²) in [6, 6.07) is 8.65. The van der Waals surface area contributed by atoms with Crippen LogP contribution in [0.1, 0.15) is 11.3 Å². The SMILES string of the molecule is COC(=O)Cc1cc(=O)[nH]c(SCC(=O)NCCc2ccc(Cl)cc2)n1. The number of ether oxygens (including phenoxy) is 1. The van der Waals surface area contributed by atoms with Gasteiger partial charge in [-0.1, -0.05) is 35.5 Å². The lowest BCUT2D eigenvalue weighted by atomic mass is 10.1. The summed E-state index contributed by atoms with van der Waals surface area (Å²) in [4.78, 5) is 41.5. The number of aromatic amines is 1. The Bertz CT molecular complexity index is 824. The molecule has 1 amide bonds. The maximum Gasteiger partial charge on any atom is 0.311 e. The monoisotopic (exact) mass is 395 g/mol. The fraction of sp³-hybridized carbons (Fsp3) is 0.294. The highest BCUT2D eigenvalue weighted by atomic mass is 35.5. The normalized spacial score (nSPS) is 10.4. The summed E-state index contributed by atoms with van der Waals surface area (Å²) in [5, 5.41) is 3.75. The fourth-order valence-corrected chi connectivity index (χ4v) is 2.90. The summed E-state index contributed by atoms with van der Waals surface area (Å²) in [6.07, 6.45) is 0.596. The lowest BCUT2D eigenvalue weighted by Crippen LogP contribution is -2.27. The fourth-order valence-electron chi connectivity index (χ4n) is 2.04. The van der Waals surface area contributed by atoms with Gasteiger partial charge in [-0.2, -0.15) is 0 Å². The van der Waals surface area contributed by atoms with E-state index in [9.17, 15) is 14.4 Å². The third kappa shape index (κ3) is 6.89. The van der Waals surface area contributed by atoms with Gasteiger partial charge >= 0.3 is 5.97 Å². The van der Waals surface area contributed by atoms with Gasteiger partial charge in [-0.15, -0.1) is 0 Å². The molecule has 2 aromatic rings. The maximum absolute atomic E-state index is 11.9. The minimum atomic E-state index is -0.487. The Morgan fingerprint density at radius 3 is 2.73 bits per heavy atom. The van der Waals surface area contributed by atoms with Gasteiger partial charge in [0.2, 0.25) is 5.91 Å². The number of esters is 1. The summed E-state index contributed by atoms with van der Waals surface area (Å²) >= 11 is 6.92. The first-order chi connectivity index (χ1) is 12.5. The molecule has 0 fully saturated rings. The van der Waals surface area contributed by atoms with Gasteiger partial charge in [-0.25, -0.2) is 4.98 Å². The Morgan fingerprint density at radius 1 is 1.31 bits per heavy atom. The number of carbonyl (C=O) groups excluding carboxylic acids is 2. The molecule has 26 heavy (non-hydrogen) atoms. The number of carbonyl (C=O) groups is 2. The number of nitrogens with one attached hydrogen (secondary N) is 2. The van der Waals surface area contributed by atoms with Crippen molar-refractivity contribution in [1.82, 2.24) is 15.3 Å². The molecule has 1 aromatic carbocycles. The Labute approximate surface area is 159 Å². The second kappa shape index (κ2) is 9.98. The van der Waals surface area contributed by atoms with Gasteiger partial charge in [0.05, 0.1) is 25.0 Å². The van der Waals surface area contributed by atoms with Crippen molar-refractivity contribution in [2.75, 3.05) is 19.4 Å². The highest BCUT2D eigenvalue weighted by Gasteiger charge is 2.09. The van der Waals surface area contributed by atoms with Crippen molar-refractivity contribution in [2.45, 2.75) is 18.0 Å². The molecule has 7 nitrogen and oxygen atoms in total. The van der Waals surface area contributed by atoms with Crippen LogP contribution in [-0.4, -0.2) is 41.3 Å². The van der Waals surface area contributed by atoms with Crippen molar-refractivity contribution in [3.63, 3.8) is 0 Å². The zero-order valence-electron chi connectivity index (χ0n) is 14.1. The molecule has 2 N–H and O–H groups in total. The van der Waals surface area contributed by atoms with Crippen molar-refractivity contribution in [1.29, 1.82) is 0 Å². The predicted octanol–water partition coefficient (Wildman–Crippen LogP) is 1.59. The van der Waals surface area contributed by atoms with Gasteiger partial charge in [0, 0.05) is 17.6 Å². The Hall–Kier alpha value is -2.32. The largest absolute Gasteiger partial charge is 0.469 e. The van der Waals surface area contributed by atoms with Crippen LogP contribution >= 0.6 is 23.4 Å². The molecule has 0 bridgehead atoms. The van der Waals surface area contributed by atoms with E-state index in [2.05, 4.69) is 20.0 Å². The van der Waals surface area contributed by atoms with E-state index in [1.54, 1.807) is 12.1 Å². The first kappa shape index (κ1) is 20.0. The van der Waals surface area contributed by atoms with Gasteiger partial charge in [-0.05, 0) is 24.1 Å². The van der Waals surface area contributed by atoms with E-state index in [0.29, 0.717) is 23.7 Å². The van der Waals surface area contributed by atoms with E-state index >= 15 is 0 Å². The molecule has 0 saturated carbocycles. The molecule has 0 atom stereocenters. The molecule has 1 heterocycles. The first-order valence-corrected chi connectivity index (χ1v) is 9.13. The lowest BCUT2D eigenvalue weighted by molar-refractivity contribution is -0.139. The summed E-state index contributed by atoms with van der Waals surface area (Å²) in [6.45, 7) is 0.493. The van der Waals surface area contributed by atoms with E-state index in [4.69, 9.17) is 11.6 Å². The lowest BCUT2D eigenvalue weighted by Gasteiger charge is -2.06. The molecule has 0 saturated heterocycles. The molecule has 138 valence electrons. The third-order valence-corrected chi connectivity index (χ3v) is 4.44. The molecule has 0 aliphatic carbocycles. The number of amides is 1. The van der Waals surface area contributed by atoms with Crippen molar-refractivity contribution >= 4 is 35.2 Å². The zero-order valence-corrected chi connectivity index (χ0v) is 15.7. The number of aromatic nitrogens is 2. The summed E-state index contributed by atoms with van der Waals surface area (Å²) in [7, 11) is 1.26. The smallest absolute Gasteiger partial charge is 0.311 e. The number of H-pyrrole nitrogens is 1. The van der Waals surface area contributed by atoms with Crippen LogP contribution in [0.3, 0.4) is 0 Å². The third-order valence-electron chi connectivity index (χ3n) is 3.32. The topological polar surface area (TPSA) is 101 Å². The van der Waals surface area contributed by atoms with Crippen molar-refractivity contribution < 1.29 is 14.3 Å². The second-order valence-corrected chi connectivity index (χ2v) is 6.71. The molecule has 0 spiro atoms. The van der Waals surface area contributed by atoms with E-state index in [1.807, 2.05) is 12.1 Å². The quantitative estimate of drug-likeness (QED) is 0.400. The molecule has 1 aromatic heterocycles. The maximum atomic E-state index is 11.9. The van der Waals surface area contributed by atoms with E-state index in [0.717, 1.165) is 17.3 Å². The van der Waals surface area contributed by atoms with Gasteiger partial charge in [0.15, 0.2) is 5.16 Å². The average molecular weight is 396 g/mol. The van der Waals surface area contributed by atoms with Crippen molar-refractivity contribution in [2.24, 2.45) is 0 Å². The number of hydrogen-bond acceptors (Lipinski definition) is 6. The van der Waals surface area contributed by atoms with Crippen LogP contribution in [0.5, 0.6) is 0 Å². The number of halogens is 1. The van der Waals surface area contributed by atoms with Crippen LogP contribution in [-0.2, 0) is 27.2 Å².